The zero-order chi connectivity index (χ0) is 24.8. The number of halogens is 2. The van der Waals surface area contributed by atoms with Gasteiger partial charge in [0.2, 0.25) is 21.8 Å². The van der Waals surface area contributed by atoms with E-state index in [0.29, 0.717) is 22.2 Å². The van der Waals surface area contributed by atoms with Crippen LogP contribution in [-0.4, -0.2) is 57.6 Å². The van der Waals surface area contributed by atoms with Crippen LogP contribution in [0.15, 0.2) is 42.5 Å². The maximum atomic E-state index is 13.5. The number of rotatable bonds is 10. The first-order chi connectivity index (χ1) is 15.5. The number of methoxy groups -OCH3 is 1. The lowest BCUT2D eigenvalue weighted by Crippen LogP contribution is -2.51. The monoisotopic (exact) mass is 515 g/mol. The van der Waals surface area contributed by atoms with E-state index in [0.717, 1.165) is 10.6 Å². The summed E-state index contributed by atoms with van der Waals surface area (Å²) in [5.41, 5.74) is 0.658. The number of hydrogen-bond donors (Lipinski definition) is 1. The molecule has 1 N–H and O–H groups in total. The summed E-state index contributed by atoms with van der Waals surface area (Å²) >= 11 is 12.6. The van der Waals surface area contributed by atoms with Gasteiger partial charge in [-0.25, -0.2) is 8.42 Å². The molecule has 33 heavy (non-hydrogen) atoms. The van der Waals surface area contributed by atoms with Crippen molar-refractivity contribution in [2.75, 3.05) is 30.8 Å². The molecule has 0 fully saturated rings. The molecule has 2 amide bonds. The van der Waals surface area contributed by atoms with E-state index in [2.05, 4.69) is 5.32 Å². The van der Waals surface area contributed by atoms with E-state index in [1.807, 2.05) is 0 Å². The van der Waals surface area contributed by atoms with Gasteiger partial charge in [-0.15, -0.1) is 0 Å². The molecule has 0 bridgehead atoms. The Labute approximate surface area is 204 Å². The molecule has 180 valence electrons. The predicted molar refractivity (Wildman–Crippen MR) is 130 cm³/mol. The van der Waals surface area contributed by atoms with E-state index >= 15 is 0 Å². The van der Waals surface area contributed by atoms with E-state index < -0.39 is 34.4 Å². The minimum absolute atomic E-state index is 0.0842. The first kappa shape index (κ1) is 26.8. The van der Waals surface area contributed by atoms with Gasteiger partial charge < -0.3 is 15.0 Å². The van der Waals surface area contributed by atoms with E-state index in [1.54, 1.807) is 50.2 Å². The Morgan fingerprint density at radius 3 is 2.24 bits per heavy atom. The number of sulfonamides is 1. The van der Waals surface area contributed by atoms with Crippen LogP contribution in [0.1, 0.15) is 19.4 Å². The van der Waals surface area contributed by atoms with Crippen LogP contribution in [0.2, 0.25) is 10.0 Å². The third kappa shape index (κ3) is 6.75. The SMILES string of the molecule is CCNC(=O)C(C)N(Cc1c(Cl)cccc1Cl)C(=O)CN(c1ccccc1OC)S(C)(=O)=O. The number of nitrogens with zero attached hydrogens (tertiary/aromatic N) is 2. The van der Waals surface area contributed by atoms with Crippen molar-refractivity contribution >= 4 is 50.7 Å². The number of benzene rings is 2. The fourth-order valence-corrected chi connectivity index (χ4v) is 4.56. The lowest BCUT2D eigenvalue weighted by atomic mass is 10.1. The lowest BCUT2D eigenvalue weighted by molar-refractivity contribution is -0.139. The standard InChI is InChI=1S/C22H27Cl2N3O5S/c1-5-25-22(29)15(2)26(13-16-17(23)9-8-10-18(16)24)21(28)14-27(33(4,30)31)19-11-6-7-12-20(19)32-3/h6-12,15H,5,13-14H2,1-4H3,(H,25,29). The third-order valence-electron chi connectivity index (χ3n) is 4.94. The maximum absolute atomic E-state index is 13.5. The molecule has 2 aromatic carbocycles. The number of amides is 2. The molecule has 0 spiro atoms. The summed E-state index contributed by atoms with van der Waals surface area (Å²) in [4.78, 5) is 27.3. The Balaban J connectivity index is 2.48. The first-order valence-corrected chi connectivity index (χ1v) is 12.7. The van der Waals surface area contributed by atoms with Crippen LogP contribution in [-0.2, 0) is 26.2 Å². The zero-order valence-corrected chi connectivity index (χ0v) is 21.2. The van der Waals surface area contributed by atoms with Gasteiger partial charge >= 0.3 is 0 Å². The molecule has 0 saturated carbocycles. The van der Waals surface area contributed by atoms with E-state index in [4.69, 9.17) is 27.9 Å². The number of ether oxygens (including phenoxy) is 1. The van der Waals surface area contributed by atoms with Gasteiger partial charge in [0.05, 0.1) is 19.1 Å². The van der Waals surface area contributed by atoms with Gasteiger partial charge in [-0.05, 0) is 38.1 Å². The Kier molecular flexibility index (Phi) is 9.39. The smallest absolute Gasteiger partial charge is 0.244 e. The number of para-hydroxylation sites is 2. The van der Waals surface area contributed by atoms with E-state index in [9.17, 15) is 18.0 Å². The van der Waals surface area contributed by atoms with E-state index in [1.165, 1.54) is 18.1 Å². The number of carbonyl (C=O) groups is 2. The highest BCUT2D eigenvalue weighted by molar-refractivity contribution is 7.92. The highest BCUT2D eigenvalue weighted by Crippen LogP contribution is 2.30. The van der Waals surface area contributed by atoms with Gasteiger partial charge in [-0.3, -0.25) is 13.9 Å². The van der Waals surface area contributed by atoms with Gasteiger partial charge in [0, 0.05) is 28.7 Å². The van der Waals surface area contributed by atoms with Crippen LogP contribution in [0.5, 0.6) is 5.75 Å². The van der Waals surface area contributed by atoms with Gasteiger partial charge in [-0.2, -0.15) is 0 Å². The van der Waals surface area contributed by atoms with Crippen molar-refractivity contribution in [2.45, 2.75) is 26.4 Å². The van der Waals surface area contributed by atoms with Gasteiger partial charge in [0.15, 0.2) is 0 Å². The van der Waals surface area contributed by atoms with Crippen molar-refractivity contribution in [3.63, 3.8) is 0 Å². The van der Waals surface area contributed by atoms with Crippen molar-refractivity contribution in [3.8, 4) is 5.75 Å². The number of carbonyl (C=O) groups excluding carboxylic acids is 2. The van der Waals surface area contributed by atoms with Crippen LogP contribution >= 0.6 is 23.2 Å². The highest BCUT2D eigenvalue weighted by atomic mass is 35.5. The minimum Gasteiger partial charge on any atom is -0.495 e. The number of likely N-dealkylation sites (N-methyl/N-ethyl adjacent to an activating group) is 1. The summed E-state index contributed by atoms with van der Waals surface area (Å²) in [5, 5.41) is 3.33. The summed E-state index contributed by atoms with van der Waals surface area (Å²) < 4.78 is 31.4. The predicted octanol–water partition coefficient (Wildman–Crippen LogP) is 3.32. The Morgan fingerprint density at radius 2 is 1.70 bits per heavy atom. The fraction of sp³-hybridized carbons (Fsp3) is 0.364. The second-order valence-corrected chi connectivity index (χ2v) is 9.96. The summed E-state index contributed by atoms with van der Waals surface area (Å²) in [6, 6.07) is 10.5. The number of anilines is 1. The number of nitrogens with one attached hydrogen (secondary N) is 1. The van der Waals surface area contributed by atoms with Crippen LogP contribution in [0.25, 0.3) is 0 Å². The molecule has 0 aliphatic carbocycles. The molecule has 0 aliphatic heterocycles. The third-order valence-corrected chi connectivity index (χ3v) is 6.78. The Bertz CT molecular complexity index is 1090. The van der Waals surface area contributed by atoms with Crippen molar-refractivity contribution in [2.24, 2.45) is 0 Å². The van der Waals surface area contributed by atoms with Crippen LogP contribution in [0, 0.1) is 0 Å². The van der Waals surface area contributed by atoms with Crippen LogP contribution < -0.4 is 14.4 Å². The minimum atomic E-state index is -3.87. The largest absolute Gasteiger partial charge is 0.495 e. The van der Waals surface area contributed by atoms with Gasteiger partial charge in [0.25, 0.3) is 0 Å². The van der Waals surface area contributed by atoms with Crippen molar-refractivity contribution in [3.05, 3.63) is 58.1 Å². The topological polar surface area (TPSA) is 96.0 Å². The van der Waals surface area contributed by atoms with E-state index in [-0.39, 0.29) is 18.0 Å². The zero-order valence-electron chi connectivity index (χ0n) is 18.8. The average Bonchev–Trinajstić information content (AvgIpc) is 2.76. The van der Waals surface area contributed by atoms with Gasteiger partial charge in [-0.1, -0.05) is 41.4 Å². The molecule has 8 nitrogen and oxygen atoms in total. The molecule has 2 rings (SSSR count). The molecule has 1 atom stereocenters. The average molecular weight is 516 g/mol. The quantitative estimate of drug-likeness (QED) is 0.523. The second-order valence-electron chi connectivity index (χ2n) is 7.23. The molecule has 1 unspecified atom stereocenters. The first-order valence-electron chi connectivity index (χ1n) is 10.1. The summed E-state index contributed by atoms with van der Waals surface area (Å²) in [5.74, 6) is -0.716. The lowest BCUT2D eigenvalue weighted by Gasteiger charge is -2.32. The molecule has 0 aliphatic rings. The molecule has 0 radical (unpaired) electrons. The molecular weight excluding hydrogens is 489 g/mol. The molecule has 0 saturated heterocycles. The molecule has 2 aromatic rings. The van der Waals surface area contributed by atoms with Crippen LogP contribution in [0.4, 0.5) is 5.69 Å². The second kappa shape index (κ2) is 11.6. The van der Waals surface area contributed by atoms with Crippen molar-refractivity contribution in [1.29, 1.82) is 0 Å². The summed E-state index contributed by atoms with van der Waals surface area (Å²) in [6.45, 7) is 3.05. The molecular formula is C22H27Cl2N3O5S. The molecule has 0 aromatic heterocycles. The Hall–Kier alpha value is -2.49. The Morgan fingerprint density at radius 1 is 1.09 bits per heavy atom. The highest BCUT2D eigenvalue weighted by Gasteiger charge is 2.31. The van der Waals surface area contributed by atoms with Crippen molar-refractivity contribution in [1.82, 2.24) is 10.2 Å². The van der Waals surface area contributed by atoms with Crippen LogP contribution in [0.3, 0.4) is 0 Å². The van der Waals surface area contributed by atoms with Gasteiger partial charge in [0.1, 0.15) is 18.3 Å². The molecule has 0 heterocycles. The maximum Gasteiger partial charge on any atom is 0.244 e. The number of hydrogen-bond acceptors (Lipinski definition) is 5. The molecule has 11 heteroatoms. The fourth-order valence-electron chi connectivity index (χ4n) is 3.19. The summed E-state index contributed by atoms with van der Waals surface area (Å²) in [7, 11) is -2.46. The van der Waals surface area contributed by atoms with Crippen molar-refractivity contribution < 1.29 is 22.7 Å². The normalized spacial score (nSPS) is 12.1. The summed E-state index contributed by atoms with van der Waals surface area (Å²) in [6.07, 6.45) is 0.995.